The number of hydrogen-bond donors (Lipinski definition) is 1. The predicted octanol–water partition coefficient (Wildman–Crippen LogP) is 2.40. The van der Waals surface area contributed by atoms with Crippen molar-refractivity contribution in [3.05, 3.63) is 38.9 Å². The molecule has 5 rings (SSSR count). The van der Waals surface area contributed by atoms with Crippen LogP contribution in [0.4, 0.5) is 4.39 Å². The lowest BCUT2D eigenvalue weighted by Crippen LogP contribution is -2.47. The molecular formula is C23H29FN4O4S. The maximum atomic E-state index is 14.0. The average Bonchev–Trinajstić information content (AvgIpc) is 3.37. The van der Waals surface area contributed by atoms with Gasteiger partial charge in [-0.15, -0.1) is 0 Å². The van der Waals surface area contributed by atoms with Crippen LogP contribution in [0.5, 0.6) is 0 Å². The molecule has 178 valence electrons. The zero-order chi connectivity index (χ0) is 22.9. The van der Waals surface area contributed by atoms with E-state index in [1.54, 1.807) is 4.57 Å². The summed E-state index contributed by atoms with van der Waals surface area (Å²) in [6.07, 6.45) is 6.05. The summed E-state index contributed by atoms with van der Waals surface area (Å²) in [6, 6.07) is 0.909. The third-order valence-electron chi connectivity index (χ3n) is 7.19. The third-order valence-corrected chi connectivity index (χ3v) is 8.24. The minimum Gasteiger partial charge on any atom is -0.381 e. The van der Waals surface area contributed by atoms with Gasteiger partial charge in [-0.1, -0.05) is 0 Å². The molecule has 0 radical (unpaired) electrons. The van der Waals surface area contributed by atoms with Gasteiger partial charge in [-0.25, -0.2) is 14.2 Å². The van der Waals surface area contributed by atoms with E-state index in [0.29, 0.717) is 38.9 Å². The molecular weight excluding hydrogens is 447 g/mol. The van der Waals surface area contributed by atoms with E-state index in [-0.39, 0.29) is 46.7 Å². The molecule has 1 unspecified atom stereocenters. The van der Waals surface area contributed by atoms with Crippen molar-refractivity contribution in [3.8, 4) is 0 Å². The van der Waals surface area contributed by atoms with Crippen LogP contribution >= 0.6 is 11.8 Å². The molecule has 1 atom stereocenters. The zero-order valence-corrected chi connectivity index (χ0v) is 19.3. The fourth-order valence-corrected chi connectivity index (χ4v) is 6.42. The van der Waals surface area contributed by atoms with Crippen LogP contribution in [0, 0.1) is 11.7 Å². The quantitative estimate of drug-likeness (QED) is 0.728. The van der Waals surface area contributed by atoms with Gasteiger partial charge in [0.05, 0.1) is 24.1 Å². The molecule has 1 saturated carbocycles. The molecule has 2 aliphatic heterocycles. The van der Waals surface area contributed by atoms with E-state index < -0.39 is 11.4 Å². The van der Waals surface area contributed by atoms with Crippen molar-refractivity contribution < 1.29 is 13.9 Å². The van der Waals surface area contributed by atoms with Gasteiger partial charge in [0.15, 0.2) is 0 Å². The maximum absolute atomic E-state index is 14.0. The van der Waals surface area contributed by atoms with Crippen LogP contribution in [0.2, 0.25) is 0 Å². The Kier molecular flexibility index (Phi) is 6.56. The largest absolute Gasteiger partial charge is 0.381 e. The minimum atomic E-state index is -0.585. The normalized spacial score (nSPS) is 26.5. The second kappa shape index (κ2) is 9.58. The molecule has 2 aromatic rings. The number of amides is 1. The second-order valence-electron chi connectivity index (χ2n) is 9.27. The molecule has 0 bridgehead atoms. The standard InChI is InChI=1S/C23H29FN4O4S/c24-15-11-19-20(25-12-15)27(18-6-9-33-10-7-18)23(31)28(22(19)30)17-3-1-16(2-4-17)26-21(29)14-5-8-32-13-14/h11-12,14,16-18H,1-10,13H2,(H,26,29)/t14?,16-,17+. The summed E-state index contributed by atoms with van der Waals surface area (Å²) in [5.41, 5.74) is -0.544. The van der Waals surface area contributed by atoms with Gasteiger partial charge in [0.25, 0.3) is 5.56 Å². The molecule has 2 aromatic heterocycles. The number of ether oxygens (including phenoxy) is 1. The van der Waals surface area contributed by atoms with Crippen molar-refractivity contribution in [2.24, 2.45) is 5.92 Å². The Hall–Kier alpha value is -2.20. The number of nitrogens with one attached hydrogen (secondary N) is 1. The molecule has 1 aliphatic carbocycles. The molecule has 8 nitrogen and oxygen atoms in total. The van der Waals surface area contributed by atoms with Gasteiger partial charge >= 0.3 is 5.69 Å². The van der Waals surface area contributed by atoms with E-state index in [1.807, 2.05) is 11.8 Å². The summed E-state index contributed by atoms with van der Waals surface area (Å²) in [7, 11) is 0. The first-order valence-electron chi connectivity index (χ1n) is 11.8. The number of halogens is 1. The molecule has 10 heteroatoms. The molecule has 0 aromatic carbocycles. The zero-order valence-electron chi connectivity index (χ0n) is 18.5. The number of fused-ring (bicyclic) bond motifs is 1. The van der Waals surface area contributed by atoms with Gasteiger partial charge in [-0.3, -0.25) is 18.7 Å². The van der Waals surface area contributed by atoms with Crippen LogP contribution in [-0.4, -0.2) is 50.8 Å². The third kappa shape index (κ3) is 4.47. The summed E-state index contributed by atoms with van der Waals surface area (Å²) in [4.78, 5) is 43.5. The first kappa shape index (κ1) is 22.6. The van der Waals surface area contributed by atoms with E-state index in [9.17, 15) is 18.8 Å². The van der Waals surface area contributed by atoms with E-state index in [0.717, 1.165) is 37.0 Å². The van der Waals surface area contributed by atoms with Crippen molar-refractivity contribution in [1.82, 2.24) is 19.4 Å². The first-order chi connectivity index (χ1) is 16.0. The Bertz CT molecular complexity index is 1150. The molecule has 33 heavy (non-hydrogen) atoms. The highest BCUT2D eigenvalue weighted by Gasteiger charge is 2.31. The highest BCUT2D eigenvalue weighted by atomic mass is 32.2. The number of pyridine rings is 1. The van der Waals surface area contributed by atoms with Gasteiger partial charge in [0.1, 0.15) is 11.5 Å². The van der Waals surface area contributed by atoms with Crippen LogP contribution in [0.3, 0.4) is 0 Å². The molecule has 3 aliphatic rings. The summed E-state index contributed by atoms with van der Waals surface area (Å²) in [5, 5.41) is 3.27. The second-order valence-corrected chi connectivity index (χ2v) is 10.5. The Labute approximate surface area is 194 Å². The number of carbonyl (C=O) groups excluding carboxylic acids is 1. The Balaban J connectivity index is 1.43. The van der Waals surface area contributed by atoms with Crippen LogP contribution in [-0.2, 0) is 9.53 Å². The number of carbonyl (C=O) groups is 1. The fraction of sp³-hybridized carbons (Fsp3) is 0.652. The summed E-state index contributed by atoms with van der Waals surface area (Å²) >= 11 is 1.85. The summed E-state index contributed by atoms with van der Waals surface area (Å²) in [5.74, 6) is 1.23. The lowest BCUT2D eigenvalue weighted by atomic mass is 9.90. The highest BCUT2D eigenvalue weighted by Crippen LogP contribution is 2.30. The van der Waals surface area contributed by atoms with Gasteiger partial charge in [0, 0.05) is 24.7 Å². The number of aromatic nitrogens is 3. The molecule has 0 spiro atoms. The first-order valence-corrected chi connectivity index (χ1v) is 13.0. The Morgan fingerprint density at radius 3 is 2.48 bits per heavy atom. The number of thioether (sulfide) groups is 1. The van der Waals surface area contributed by atoms with Gasteiger partial charge < -0.3 is 10.1 Å². The summed E-state index contributed by atoms with van der Waals surface area (Å²) in [6.45, 7) is 1.09. The minimum absolute atomic E-state index is 0.0258. The lowest BCUT2D eigenvalue weighted by Gasteiger charge is -2.32. The number of nitrogens with zero attached hydrogens (tertiary/aromatic N) is 3. The van der Waals surface area contributed by atoms with Crippen molar-refractivity contribution in [2.75, 3.05) is 24.7 Å². The van der Waals surface area contributed by atoms with E-state index in [4.69, 9.17) is 4.74 Å². The number of rotatable bonds is 4. The smallest absolute Gasteiger partial charge is 0.333 e. The highest BCUT2D eigenvalue weighted by molar-refractivity contribution is 7.99. The summed E-state index contributed by atoms with van der Waals surface area (Å²) < 4.78 is 22.3. The molecule has 3 fully saturated rings. The predicted molar refractivity (Wildman–Crippen MR) is 124 cm³/mol. The Morgan fingerprint density at radius 2 is 1.79 bits per heavy atom. The maximum Gasteiger partial charge on any atom is 0.333 e. The van der Waals surface area contributed by atoms with Gasteiger partial charge in [-0.05, 0) is 62.5 Å². The van der Waals surface area contributed by atoms with Gasteiger partial charge in [0.2, 0.25) is 5.91 Å². The SMILES string of the molecule is O=C(N[C@H]1CC[C@@H](n2c(=O)c3cc(F)cnc3n(C3CCSCC3)c2=O)CC1)C1CCOC1. The van der Waals surface area contributed by atoms with E-state index in [2.05, 4.69) is 10.3 Å². The van der Waals surface area contributed by atoms with Crippen LogP contribution < -0.4 is 16.6 Å². The topological polar surface area (TPSA) is 95.2 Å². The van der Waals surface area contributed by atoms with Crippen molar-refractivity contribution in [1.29, 1.82) is 0 Å². The number of hydrogen-bond acceptors (Lipinski definition) is 6. The molecule has 4 heterocycles. The van der Waals surface area contributed by atoms with Crippen LogP contribution in [0.15, 0.2) is 21.9 Å². The fourth-order valence-electron chi connectivity index (χ4n) is 5.34. The van der Waals surface area contributed by atoms with Crippen molar-refractivity contribution >= 4 is 28.7 Å². The average molecular weight is 477 g/mol. The van der Waals surface area contributed by atoms with Gasteiger partial charge in [-0.2, -0.15) is 11.8 Å². The van der Waals surface area contributed by atoms with Crippen LogP contribution in [0.25, 0.3) is 11.0 Å². The van der Waals surface area contributed by atoms with E-state index >= 15 is 0 Å². The van der Waals surface area contributed by atoms with Crippen molar-refractivity contribution in [3.63, 3.8) is 0 Å². The molecule has 1 N–H and O–H groups in total. The lowest BCUT2D eigenvalue weighted by molar-refractivity contribution is -0.125. The molecule has 2 saturated heterocycles. The molecule has 1 amide bonds. The van der Waals surface area contributed by atoms with E-state index in [1.165, 1.54) is 10.6 Å². The Morgan fingerprint density at radius 1 is 1.06 bits per heavy atom. The van der Waals surface area contributed by atoms with Crippen molar-refractivity contribution in [2.45, 2.75) is 63.1 Å². The van der Waals surface area contributed by atoms with Crippen LogP contribution in [0.1, 0.15) is 57.0 Å². The monoisotopic (exact) mass is 476 g/mol.